The molecular formula is C26H29BrClN3O5. The number of rotatable bonds is 11. The Bertz CT molecular complexity index is 1320. The van der Waals surface area contributed by atoms with Gasteiger partial charge in [0.2, 0.25) is 0 Å². The molecule has 0 N–H and O–H groups in total. The van der Waals surface area contributed by atoms with Crippen molar-refractivity contribution in [2.24, 2.45) is 5.10 Å². The van der Waals surface area contributed by atoms with Crippen LogP contribution in [0.2, 0.25) is 5.02 Å². The summed E-state index contributed by atoms with van der Waals surface area (Å²) in [5.74, 6) is 0.647. The monoisotopic (exact) mass is 577 g/mol. The third kappa shape index (κ3) is 7.07. The highest BCUT2D eigenvalue weighted by atomic mass is 79.9. The highest BCUT2D eigenvalue weighted by molar-refractivity contribution is 9.10. The molecule has 0 aliphatic heterocycles. The predicted molar refractivity (Wildman–Crippen MR) is 145 cm³/mol. The molecule has 0 amide bonds. The van der Waals surface area contributed by atoms with Crippen LogP contribution in [-0.4, -0.2) is 41.2 Å². The number of fused-ring (bicyclic) bond motifs is 1. The van der Waals surface area contributed by atoms with Crippen LogP contribution in [0, 0.1) is 0 Å². The quantitative estimate of drug-likeness (QED) is 0.212. The van der Waals surface area contributed by atoms with Crippen LogP contribution in [0.25, 0.3) is 10.9 Å². The van der Waals surface area contributed by atoms with Gasteiger partial charge in [0.25, 0.3) is 5.56 Å². The Balaban J connectivity index is 1.98. The van der Waals surface area contributed by atoms with Gasteiger partial charge in [0.15, 0.2) is 18.1 Å². The highest BCUT2D eigenvalue weighted by Gasteiger charge is 2.16. The lowest BCUT2D eigenvalue weighted by Crippen LogP contribution is -2.22. The van der Waals surface area contributed by atoms with E-state index in [1.807, 2.05) is 19.1 Å². The van der Waals surface area contributed by atoms with E-state index < -0.39 is 5.97 Å². The molecule has 0 unspecified atom stereocenters. The lowest BCUT2D eigenvalue weighted by Gasteiger charge is -2.15. The molecule has 3 rings (SSSR count). The molecule has 8 nitrogen and oxygen atoms in total. The summed E-state index contributed by atoms with van der Waals surface area (Å²) in [5, 5.41) is 5.16. The molecule has 0 fully saturated rings. The minimum atomic E-state index is -0.511. The summed E-state index contributed by atoms with van der Waals surface area (Å²) in [7, 11) is 0. The standard InChI is InChI=1S/C26H29BrClN3O5/c1-5-7-8-23-30-21-10-9-18(27)13-19(21)26(33)31(23)29-14-17-11-20(28)25(22(12-17)34-6-2)35-15-24(32)36-16(3)4/h9-14,16H,5-8,15H2,1-4H3. The fraction of sp³-hybridized carbons (Fsp3) is 0.385. The molecule has 1 aromatic heterocycles. The number of unbranched alkanes of at least 4 members (excludes halogenated alkanes) is 1. The Morgan fingerprint density at radius 1 is 1.22 bits per heavy atom. The van der Waals surface area contributed by atoms with Crippen LogP contribution in [0.15, 0.2) is 44.7 Å². The van der Waals surface area contributed by atoms with Crippen molar-refractivity contribution in [2.45, 2.75) is 53.1 Å². The summed E-state index contributed by atoms with van der Waals surface area (Å²) in [6.45, 7) is 7.46. The van der Waals surface area contributed by atoms with Crippen molar-refractivity contribution in [3.8, 4) is 11.5 Å². The van der Waals surface area contributed by atoms with E-state index in [2.05, 4.69) is 32.9 Å². The number of aryl methyl sites for hydroxylation is 1. The predicted octanol–water partition coefficient (Wildman–Crippen LogP) is 5.77. The van der Waals surface area contributed by atoms with Gasteiger partial charge in [-0.3, -0.25) is 4.79 Å². The van der Waals surface area contributed by atoms with E-state index in [9.17, 15) is 9.59 Å². The molecule has 192 valence electrons. The number of halogens is 2. The lowest BCUT2D eigenvalue weighted by molar-refractivity contribution is -0.149. The molecule has 0 aliphatic rings. The summed E-state index contributed by atoms with van der Waals surface area (Å²) >= 11 is 9.88. The molecule has 3 aromatic rings. The maximum absolute atomic E-state index is 13.3. The molecule has 0 aliphatic carbocycles. The summed E-state index contributed by atoms with van der Waals surface area (Å²) in [6.07, 6.45) is 3.71. The zero-order chi connectivity index (χ0) is 26.2. The molecule has 1 heterocycles. The van der Waals surface area contributed by atoms with Gasteiger partial charge in [-0.1, -0.05) is 40.9 Å². The van der Waals surface area contributed by atoms with Gasteiger partial charge < -0.3 is 14.2 Å². The first-order valence-electron chi connectivity index (χ1n) is 11.8. The van der Waals surface area contributed by atoms with Crippen LogP contribution in [-0.2, 0) is 16.0 Å². The molecule has 36 heavy (non-hydrogen) atoms. The summed E-state index contributed by atoms with van der Waals surface area (Å²) < 4.78 is 18.5. The number of ether oxygens (including phenoxy) is 3. The van der Waals surface area contributed by atoms with Crippen LogP contribution >= 0.6 is 27.5 Å². The largest absolute Gasteiger partial charge is 0.490 e. The second-order valence-electron chi connectivity index (χ2n) is 8.24. The van der Waals surface area contributed by atoms with E-state index in [4.69, 9.17) is 25.8 Å². The third-order valence-electron chi connectivity index (χ3n) is 4.98. The Morgan fingerprint density at radius 2 is 2.00 bits per heavy atom. The summed E-state index contributed by atoms with van der Waals surface area (Å²) in [6, 6.07) is 8.71. The van der Waals surface area contributed by atoms with Crippen LogP contribution in [0.4, 0.5) is 0 Å². The van der Waals surface area contributed by atoms with Crippen molar-refractivity contribution in [2.75, 3.05) is 13.2 Å². The first kappa shape index (κ1) is 27.7. The van der Waals surface area contributed by atoms with Crippen LogP contribution < -0.4 is 15.0 Å². The molecule has 0 atom stereocenters. The van der Waals surface area contributed by atoms with E-state index in [0.717, 1.165) is 17.3 Å². The van der Waals surface area contributed by atoms with Crippen molar-refractivity contribution in [1.29, 1.82) is 0 Å². The number of carbonyl (C=O) groups is 1. The van der Waals surface area contributed by atoms with Crippen molar-refractivity contribution in [3.05, 3.63) is 61.6 Å². The molecule has 2 aromatic carbocycles. The van der Waals surface area contributed by atoms with E-state index in [0.29, 0.717) is 41.1 Å². The van der Waals surface area contributed by atoms with Crippen LogP contribution in [0.5, 0.6) is 11.5 Å². The molecule has 0 saturated carbocycles. The average Bonchev–Trinajstić information content (AvgIpc) is 2.82. The third-order valence-corrected chi connectivity index (χ3v) is 5.76. The second-order valence-corrected chi connectivity index (χ2v) is 9.57. The molecule has 10 heteroatoms. The van der Waals surface area contributed by atoms with E-state index in [1.54, 1.807) is 32.0 Å². The number of aromatic nitrogens is 2. The molecule has 0 saturated heterocycles. The summed E-state index contributed by atoms with van der Waals surface area (Å²) in [4.78, 5) is 29.8. The van der Waals surface area contributed by atoms with Crippen molar-refractivity contribution >= 4 is 50.6 Å². The number of benzene rings is 2. The van der Waals surface area contributed by atoms with Crippen LogP contribution in [0.1, 0.15) is 51.9 Å². The Labute approximate surface area is 223 Å². The van der Waals surface area contributed by atoms with Gasteiger partial charge in [-0.05, 0) is 63.1 Å². The van der Waals surface area contributed by atoms with Gasteiger partial charge in [-0.2, -0.15) is 9.78 Å². The van der Waals surface area contributed by atoms with E-state index in [1.165, 1.54) is 10.9 Å². The van der Waals surface area contributed by atoms with Crippen molar-refractivity contribution in [1.82, 2.24) is 9.66 Å². The average molecular weight is 579 g/mol. The molecule has 0 bridgehead atoms. The topological polar surface area (TPSA) is 92.0 Å². The van der Waals surface area contributed by atoms with Crippen molar-refractivity contribution < 1.29 is 19.0 Å². The Morgan fingerprint density at radius 3 is 2.69 bits per heavy atom. The fourth-order valence-electron chi connectivity index (χ4n) is 3.43. The Kier molecular flexibility index (Phi) is 9.89. The van der Waals surface area contributed by atoms with Gasteiger partial charge in [-0.15, -0.1) is 0 Å². The zero-order valence-electron chi connectivity index (χ0n) is 20.7. The summed E-state index contributed by atoms with van der Waals surface area (Å²) in [5.41, 5.74) is 0.951. The lowest BCUT2D eigenvalue weighted by atomic mass is 10.2. The normalized spacial score (nSPS) is 11.4. The Hall–Kier alpha value is -2.91. The molecular weight excluding hydrogens is 550 g/mol. The number of esters is 1. The van der Waals surface area contributed by atoms with Gasteiger partial charge in [-0.25, -0.2) is 9.78 Å². The van der Waals surface area contributed by atoms with Gasteiger partial charge in [0.1, 0.15) is 5.82 Å². The van der Waals surface area contributed by atoms with Gasteiger partial charge in [0.05, 0.1) is 34.9 Å². The first-order valence-corrected chi connectivity index (χ1v) is 12.9. The first-order chi connectivity index (χ1) is 17.2. The zero-order valence-corrected chi connectivity index (χ0v) is 23.1. The maximum Gasteiger partial charge on any atom is 0.344 e. The highest BCUT2D eigenvalue weighted by Crippen LogP contribution is 2.36. The number of nitrogens with zero attached hydrogens (tertiary/aromatic N) is 3. The van der Waals surface area contributed by atoms with Gasteiger partial charge in [0, 0.05) is 10.9 Å². The van der Waals surface area contributed by atoms with E-state index >= 15 is 0 Å². The number of hydrogen-bond donors (Lipinski definition) is 0. The van der Waals surface area contributed by atoms with E-state index in [-0.39, 0.29) is 29.0 Å². The molecule has 0 radical (unpaired) electrons. The van der Waals surface area contributed by atoms with Gasteiger partial charge >= 0.3 is 5.97 Å². The fourth-order valence-corrected chi connectivity index (χ4v) is 4.06. The van der Waals surface area contributed by atoms with Crippen molar-refractivity contribution in [3.63, 3.8) is 0 Å². The van der Waals surface area contributed by atoms with Crippen LogP contribution in [0.3, 0.4) is 0 Å². The maximum atomic E-state index is 13.3. The minimum absolute atomic E-state index is 0.231. The minimum Gasteiger partial charge on any atom is -0.490 e. The second kappa shape index (κ2) is 12.9. The smallest absolute Gasteiger partial charge is 0.344 e. The number of hydrogen-bond acceptors (Lipinski definition) is 7. The SMILES string of the molecule is CCCCc1nc2ccc(Br)cc2c(=O)n1N=Cc1cc(Cl)c(OCC(=O)OC(C)C)c(OCC)c1. The molecule has 0 spiro atoms. The number of carbonyl (C=O) groups excluding carboxylic acids is 1.